The van der Waals surface area contributed by atoms with Crippen molar-refractivity contribution < 1.29 is 29.8 Å². The number of rotatable bonds is 13. The fourth-order valence-corrected chi connectivity index (χ4v) is 1.43. The molecule has 0 aromatic carbocycles. The molecule has 0 aromatic rings. The summed E-state index contributed by atoms with van der Waals surface area (Å²) in [5.74, 6) is 0. The van der Waals surface area contributed by atoms with Gasteiger partial charge in [0.15, 0.2) is 0 Å². The molecule has 21 heavy (non-hydrogen) atoms. The van der Waals surface area contributed by atoms with Crippen molar-refractivity contribution in [1.82, 2.24) is 0 Å². The van der Waals surface area contributed by atoms with E-state index in [1.807, 2.05) is 0 Å². The molecule has 0 N–H and O–H groups in total. The van der Waals surface area contributed by atoms with Crippen LogP contribution in [0.15, 0.2) is 5.18 Å². The van der Waals surface area contributed by atoms with Gasteiger partial charge in [0.25, 0.3) is 15.3 Å². The van der Waals surface area contributed by atoms with Gasteiger partial charge in [-0.25, -0.2) is 0 Å². The Labute approximate surface area is 116 Å². The molecule has 0 radical (unpaired) electrons. The SMILES string of the molecule is O=NCCCC(CO[N+](=O)[O-])(CO[N+](=O)[O-])CO[N+](=O)[O-]. The van der Waals surface area contributed by atoms with Crippen LogP contribution in [-0.2, 0) is 14.5 Å². The summed E-state index contributed by atoms with van der Waals surface area (Å²) in [5, 5.41) is 29.7. The molecule has 0 bridgehead atoms. The number of hydrogen-bond acceptors (Lipinski definition) is 11. The van der Waals surface area contributed by atoms with Crippen LogP contribution in [0.25, 0.3) is 0 Å². The highest BCUT2D eigenvalue weighted by Crippen LogP contribution is 2.26. The number of nitrogens with zero attached hydrogens (tertiary/aromatic N) is 4. The lowest BCUT2D eigenvalue weighted by Gasteiger charge is -2.30. The minimum Gasteiger partial charge on any atom is -0.313 e. The molecule has 14 heteroatoms. The molecular weight excluding hydrogens is 300 g/mol. The molecule has 0 fully saturated rings. The predicted octanol–water partition coefficient (Wildman–Crippen LogP) is 0.144. The molecule has 0 aliphatic heterocycles. The molecule has 0 aliphatic rings. The van der Waals surface area contributed by atoms with E-state index in [9.17, 15) is 35.3 Å². The zero-order chi connectivity index (χ0) is 16.3. The average molecular weight is 312 g/mol. The van der Waals surface area contributed by atoms with Crippen LogP contribution >= 0.6 is 0 Å². The van der Waals surface area contributed by atoms with Gasteiger partial charge in [0.05, 0.1) is 6.54 Å². The van der Waals surface area contributed by atoms with Crippen LogP contribution in [-0.4, -0.2) is 41.6 Å². The van der Waals surface area contributed by atoms with E-state index in [1.165, 1.54) is 0 Å². The highest BCUT2D eigenvalue weighted by atomic mass is 17.0. The summed E-state index contributed by atoms with van der Waals surface area (Å²) >= 11 is 0. The van der Waals surface area contributed by atoms with Gasteiger partial charge in [0.2, 0.25) is 0 Å². The van der Waals surface area contributed by atoms with Crippen LogP contribution in [0.5, 0.6) is 0 Å². The third-order valence-corrected chi connectivity index (χ3v) is 2.38. The fourth-order valence-electron chi connectivity index (χ4n) is 1.43. The summed E-state index contributed by atoms with van der Waals surface area (Å²) < 4.78 is 0. The molecule has 0 aliphatic carbocycles. The molecule has 0 saturated heterocycles. The summed E-state index contributed by atoms with van der Waals surface area (Å²) in [5.41, 5.74) is -1.54. The fraction of sp³-hybridized carbons (Fsp3) is 1.00. The van der Waals surface area contributed by atoms with Crippen molar-refractivity contribution in [3.8, 4) is 0 Å². The summed E-state index contributed by atoms with van der Waals surface area (Å²) in [4.78, 5) is 53.0. The van der Waals surface area contributed by atoms with Crippen molar-refractivity contribution in [3.63, 3.8) is 0 Å². The highest BCUT2D eigenvalue weighted by Gasteiger charge is 2.34. The van der Waals surface area contributed by atoms with E-state index in [1.54, 1.807) is 0 Å². The quantitative estimate of drug-likeness (QED) is 0.196. The largest absolute Gasteiger partial charge is 0.313 e. The van der Waals surface area contributed by atoms with Crippen molar-refractivity contribution in [3.05, 3.63) is 35.3 Å². The Balaban J connectivity index is 4.92. The number of hydrogen-bond donors (Lipinski definition) is 0. The Morgan fingerprint density at radius 3 is 1.52 bits per heavy atom. The molecule has 0 rings (SSSR count). The van der Waals surface area contributed by atoms with Gasteiger partial charge in [-0.2, -0.15) is 4.91 Å². The highest BCUT2D eigenvalue weighted by molar-refractivity contribution is 4.78. The van der Waals surface area contributed by atoms with Gasteiger partial charge < -0.3 is 14.5 Å². The molecule has 0 heterocycles. The van der Waals surface area contributed by atoms with Crippen molar-refractivity contribution >= 4 is 0 Å². The molecular formula is C7H12N4O10. The van der Waals surface area contributed by atoms with Crippen LogP contribution in [0.2, 0.25) is 0 Å². The van der Waals surface area contributed by atoms with Gasteiger partial charge in [0, 0.05) is 5.41 Å². The Morgan fingerprint density at radius 1 is 0.857 bits per heavy atom. The Kier molecular flexibility index (Phi) is 7.94. The minimum atomic E-state index is -1.54. The van der Waals surface area contributed by atoms with Crippen molar-refractivity contribution in [2.75, 3.05) is 26.4 Å². The second-order valence-corrected chi connectivity index (χ2v) is 3.95. The van der Waals surface area contributed by atoms with E-state index in [2.05, 4.69) is 19.7 Å². The molecule has 14 nitrogen and oxygen atoms in total. The van der Waals surface area contributed by atoms with Crippen LogP contribution in [0.1, 0.15) is 12.8 Å². The third-order valence-electron chi connectivity index (χ3n) is 2.38. The molecule has 0 aromatic heterocycles. The van der Waals surface area contributed by atoms with Crippen LogP contribution in [0.3, 0.4) is 0 Å². The lowest BCUT2D eigenvalue weighted by atomic mass is 9.86. The van der Waals surface area contributed by atoms with E-state index in [4.69, 9.17) is 0 Å². The van der Waals surface area contributed by atoms with E-state index < -0.39 is 40.5 Å². The standard InChI is InChI=1S/C7H12N4O10/c12-8-3-1-2-7(4-19-9(13)14,5-20-10(15)16)6-21-11(17)18/h1-6H2. The van der Waals surface area contributed by atoms with Gasteiger partial charge >= 0.3 is 0 Å². The Bertz CT molecular complexity index is 342. The van der Waals surface area contributed by atoms with Crippen molar-refractivity contribution in [2.24, 2.45) is 10.6 Å². The topological polar surface area (TPSA) is 187 Å². The maximum atomic E-state index is 10.2. The third kappa shape index (κ3) is 8.84. The van der Waals surface area contributed by atoms with Crippen molar-refractivity contribution in [2.45, 2.75) is 12.8 Å². The zero-order valence-electron chi connectivity index (χ0n) is 10.6. The second-order valence-electron chi connectivity index (χ2n) is 3.95. The van der Waals surface area contributed by atoms with Gasteiger partial charge in [-0.1, -0.05) is 5.18 Å². The second kappa shape index (κ2) is 9.16. The first-order chi connectivity index (χ1) is 9.81. The van der Waals surface area contributed by atoms with Gasteiger partial charge in [-0.3, -0.25) is 0 Å². The molecule has 0 unspecified atom stereocenters. The summed E-state index contributed by atoms with van der Waals surface area (Å²) in [6.07, 6.45) is -0.0407. The first-order valence-corrected chi connectivity index (χ1v) is 5.42. The molecule has 0 amide bonds. The van der Waals surface area contributed by atoms with Gasteiger partial charge in [-0.15, -0.1) is 30.3 Å². The van der Waals surface area contributed by atoms with Crippen LogP contribution in [0.4, 0.5) is 0 Å². The first kappa shape index (κ1) is 18.2. The maximum Gasteiger partial charge on any atom is 0.294 e. The summed E-state index contributed by atoms with van der Waals surface area (Å²) in [6, 6.07) is 0. The number of nitroso groups, excluding NO2 is 1. The van der Waals surface area contributed by atoms with E-state index in [0.29, 0.717) is 0 Å². The Morgan fingerprint density at radius 2 is 1.24 bits per heavy atom. The van der Waals surface area contributed by atoms with E-state index in [-0.39, 0.29) is 19.4 Å². The normalized spacial score (nSPS) is 10.5. The predicted molar refractivity (Wildman–Crippen MR) is 61.2 cm³/mol. The first-order valence-electron chi connectivity index (χ1n) is 5.42. The molecule has 0 spiro atoms. The average Bonchev–Trinajstić information content (AvgIpc) is 2.40. The maximum absolute atomic E-state index is 10.2. The van der Waals surface area contributed by atoms with E-state index in [0.717, 1.165) is 0 Å². The molecule has 120 valence electrons. The summed E-state index contributed by atoms with van der Waals surface area (Å²) in [6.45, 7) is -2.39. The van der Waals surface area contributed by atoms with E-state index >= 15 is 0 Å². The lowest BCUT2D eigenvalue weighted by molar-refractivity contribution is -0.782. The van der Waals surface area contributed by atoms with Crippen LogP contribution < -0.4 is 0 Å². The van der Waals surface area contributed by atoms with Crippen molar-refractivity contribution in [1.29, 1.82) is 0 Å². The Hall–Kier alpha value is -2.80. The van der Waals surface area contributed by atoms with Gasteiger partial charge in [0.1, 0.15) is 19.8 Å². The molecule has 0 saturated carbocycles. The van der Waals surface area contributed by atoms with Gasteiger partial charge in [-0.05, 0) is 12.8 Å². The monoisotopic (exact) mass is 312 g/mol. The smallest absolute Gasteiger partial charge is 0.294 e. The minimum absolute atomic E-state index is 0.0622. The molecule has 0 atom stereocenters. The van der Waals surface area contributed by atoms with Crippen LogP contribution in [0, 0.1) is 40.7 Å². The zero-order valence-corrected chi connectivity index (χ0v) is 10.6. The lowest BCUT2D eigenvalue weighted by Crippen LogP contribution is -2.39. The summed E-state index contributed by atoms with van der Waals surface area (Å²) in [7, 11) is 0.